The van der Waals surface area contributed by atoms with Gasteiger partial charge >= 0.3 is 6.09 Å². The topological polar surface area (TPSA) is 92.5 Å². The molecule has 23 heavy (non-hydrogen) atoms. The lowest BCUT2D eigenvalue weighted by Gasteiger charge is -2.34. The van der Waals surface area contributed by atoms with Crippen LogP contribution in [0.2, 0.25) is 0 Å². The van der Waals surface area contributed by atoms with Crippen LogP contribution in [0.3, 0.4) is 0 Å². The normalized spacial score (nSPS) is 19.0. The van der Waals surface area contributed by atoms with Gasteiger partial charge in [0.2, 0.25) is 0 Å². The molecule has 1 unspecified atom stereocenters. The second-order valence-electron chi connectivity index (χ2n) is 6.84. The number of aliphatic hydroxyl groups is 1. The fourth-order valence-corrected chi connectivity index (χ4v) is 2.52. The number of amides is 1. The Hall–Kier alpha value is -1.67. The van der Waals surface area contributed by atoms with Crippen molar-refractivity contribution in [2.75, 3.05) is 19.7 Å². The quantitative estimate of drug-likeness (QED) is 0.830. The predicted molar refractivity (Wildman–Crippen MR) is 84.8 cm³/mol. The van der Waals surface area contributed by atoms with Crippen LogP contribution in [0.4, 0.5) is 4.79 Å². The molecule has 0 radical (unpaired) electrons. The maximum atomic E-state index is 12.1. The van der Waals surface area contributed by atoms with Crippen molar-refractivity contribution >= 4 is 6.09 Å². The van der Waals surface area contributed by atoms with Gasteiger partial charge in [-0.25, -0.2) is 9.48 Å². The Morgan fingerprint density at radius 3 is 3.00 bits per heavy atom. The fourth-order valence-electron chi connectivity index (χ4n) is 2.52. The number of aromatic nitrogens is 3. The molecule has 0 aliphatic carbocycles. The van der Waals surface area contributed by atoms with Crippen molar-refractivity contribution in [3.05, 3.63) is 11.9 Å². The first kappa shape index (κ1) is 17.7. The van der Waals surface area contributed by atoms with E-state index in [2.05, 4.69) is 15.6 Å². The van der Waals surface area contributed by atoms with E-state index in [0.29, 0.717) is 19.6 Å². The minimum atomic E-state index is -0.470. The second kappa shape index (κ2) is 7.74. The van der Waals surface area contributed by atoms with E-state index in [1.54, 1.807) is 9.58 Å². The zero-order valence-electron chi connectivity index (χ0n) is 14.2. The van der Waals surface area contributed by atoms with Gasteiger partial charge in [0.15, 0.2) is 0 Å². The zero-order chi connectivity index (χ0) is 16.9. The number of carbonyl (C=O) groups is 1. The summed E-state index contributed by atoms with van der Waals surface area (Å²) >= 11 is 0. The molecule has 8 nitrogen and oxygen atoms in total. The van der Waals surface area contributed by atoms with Gasteiger partial charge in [-0.05, 0) is 33.6 Å². The number of hydrogen-bond donors (Lipinski definition) is 2. The molecule has 0 bridgehead atoms. The van der Waals surface area contributed by atoms with E-state index >= 15 is 0 Å². The number of hydrogen-bond acceptors (Lipinski definition) is 6. The van der Waals surface area contributed by atoms with Gasteiger partial charge in [-0.3, -0.25) is 0 Å². The van der Waals surface area contributed by atoms with Crippen LogP contribution in [0.15, 0.2) is 6.20 Å². The molecule has 1 aromatic heterocycles. The summed E-state index contributed by atoms with van der Waals surface area (Å²) < 4.78 is 7.04. The van der Waals surface area contributed by atoms with Crippen LogP contribution in [0, 0.1) is 0 Å². The van der Waals surface area contributed by atoms with E-state index in [-0.39, 0.29) is 18.7 Å². The maximum Gasteiger partial charge on any atom is 0.410 e. The smallest absolute Gasteiger partial charge is 0.410 e. The van der Waals surface area contributed by atoms with Gasteiger partial charge in [0, 0.05) is 31.9 Å². The first-order chi connectivity index (χ1) is 10.9. The van der Waals surface area contributed by atoms with Crippen LogP contribution in [-0.4, -0.2) is 62.4 Å². The molecule has 1 amide bonds. The highest BCUT2D eigenvalue weighted by Gasteiger charge is 2.27. The van der Waals surface area contributed by atoms with Gasteiger partial charge in [-0.1, -0.05) is 5.21 Å². The van der Waals surface area contributed by atoms with Gasteiger partial charge in [0.1, 0.15) is 5.60 Å². The highest BCUT2D eigenvalue weighted by atomic mass is 16.6. The number of carbonyl (C=O) groups excluding carboxylic acids is 1. The Morgan fingerprint density at radius 2 is 2.30 bits per heavy atom. The summed E-state index contributed by atoms with van der Waals surface area (Å²) in [6.45, 7) is 8.09. The molecule has 8 heteroatoms. The molecule has 2 rings (SSSR count). The first-order valence-corrected chi connectivity index (χ1v) is 8.08. The zero-order valence-corrected chi connectivity index (χ0v) is 14.2. The molecule has 1 aliphatic heterocycles. The molecule has 2 N–H and O–H groups in total. The van der Waals surface area contributed by atoms with Crippen LogP contribution in [0.1, 0.15) is 39.3 Å². The number of rotatable bonds is 5. The van der Waals surface area contributed by atoms with E-state index in [9.17, 15) is 4.79 Å². The maximum absolute atomic E-state index is 12.1. The minimum Gasteiger partial charge on any atom is -0.444 e. The number of nitrogens with one attached hydrogen (secondary N) is 1. The third-order valence-electron chi connectivity index (χ3n) is 3.56. The lowest BCUT2D eigenvalue weighted by Crippen LogP contribution is -2.49. The van der Waals surface area contributed by atoms with Crippen molar-refractivity contribution < 1.29 is 14.6 Å². The largest absolute Gasteiger partial charge is 0.444 e. The van der Waals surface area contributed by atoms with Crippen molar-refractivity contribution in [1.29, 1.82) is 0 Å². The van der Waals surface area contributed by atoms with E-state index in [1.165, 1.54) is 0 Å². The van der Waals surface area contributed by atoms with Crippen LogP contribution < -0.4 is 5.32 Å². The molecular weight excluding hydrogens is 298 g/mol. The molecule has 1 fully saturated rings. The summed E-state index contributed by atoms with van der Waals surface area (Å²) in [4.78, 5) is 13.9. The van der Waals surface area contributed by atoms with Gasteiger partial charge in [-0.2, -0.15) is 0 Å². The predicted octanol–water partition coefficient (Wildman–Crippen LogP) is 0.759. The third-order valence-corrected chi connectivity index (χ3v) is 3.56. The first-order valence-electron chi connectivity index (χ1n) is 8.08. The minimum absolute atomic E-state index is 0.0453. The van der Waals surface area contributed by atoms with Gasteiger partial charge in [-0.15, -0.1) is 5.10 Å². The summed E-state index contributed by atoms with van der Waals surface area (Å²) in [7, 11) is 0. The van der Waals surface area contributed by atoms with Crippen LogP contribution in [0.25, 0.3) is 0 Å². The van der Waals surface area contributed by atoms with Gasteiger partial charge < -0.3 is 20.1 Å². The molecule has 1 aromatic rings. The van der Waals surface area contributed by atoms with Gasteiger partial charge in [0.05, 0.1) is 18.8 Å². The Labute approximate surface area is 136 Å². The fraction of sp³-hybridized carbons (Fsp3) is 0.800. The monoisotopic (exact) mass is 325 g/mol. The molecule has 0 spiro atoms. The Kier molecular flexibility index (Phi) is 5.95. The lowest BCUT2D eigenvalue weighted by molar-refractivity contribution is 0.0187. The van der Waals surface area contributed by atoms with Crippen LogP contribution in [0.5, 0.6) is 0 Å². The molecule has 1 saturated heterocycles. The Bertz CT molecular complexity index is 511. The summed E-state index contributed by atoms with van der Waals surface area (Å²) in [5.74, 6) is 0. The van der Waals surface area contributed by atoms with Crippen LogP contribution in [-0.2, 0) is 17.8 Å². The van der Waals surface area contributed by atoms with Crippen molar-refractivity contribution in [2.45, 2.75) is 58.3 Å². The van der Waals surface area contributed by atoms with Crippen molar-refractivity contribution in [3.63, 3.8) is 0 Å². The lowest BCUT2D eigenvalue weighted by atomic mass is 10.1. The number of nitrogens with zero attached hydrogens (tertiary/aromatic N) is 4. The molecule has 0 aromatic carbocycles. The van der Waals surface area contributed by atoms with Crippen molar-refractivity contribution in [3.8, 4) is 0 Å². The molecule has 130 valence electrons. The number of piperidine rings is 1. The van der Waals surface area contributed by atoms with E-state index in [1.807, 2.05) is 27.0 Å². The average molecular weight is 325 g/mol. The van der Waals surface area contributed by atoms with E-state index < -0.39 is 5.60 Å². The molecule has 1 aliphatic rings. The molecule has 2 heterocycles. The summed E-state index contributed by atoms with van der Waals surface area (Å²) in [5.41, 5.74) is 0.357. The van der Waals surface area contributed by atoms with Crippen molar-refractivity contribution in [2.24, 2.45) is 0 Å². The Morgan fingerprint density at radius 1 is 1.52 bits per heavy atom. The molecule has 1 atom stereocenters. The molecular formula is C15H27N5O3. The Balaban J connectivity index is 1.80. The summed E-state index contributed by atoms with van der Waals surface area (Å²) in [5, 5.41) is 20.3. The average Bonchev–Trinajstić information content (AvgIpc) is 2.92. The highest BCUT2D eigenvalue weighted by molar-refractivity contribution is 5.68. The van der Waals surface area contributed by atoms with E-state index in [0.717, 1.165) is 25.1 Å². The standard InChI is InChI=1S/C15H27N5O3/c1-15(2,3)23-14(22)19-6-4-5-12(10-19)16-9-13-11-20(7-8-21)18-17-13/h11-12,16,21H,4-10H2,1-3H3. The third kappa shape index (κ3) is 5.80. The van der Waals surface area contributed by atoms with Crippen molar-refractivity contribution in [1.82, 2.24) is 25.2 Å². The number of ether oxygens (including phenoxy) is 1. The summed E-state index contributed by atoms with van der Waals surface area (Å²) in [6.07, 6.45) is 3.54. The summed E-state index contributed by atoms with van der Waals surface area (Å²) in [6, 6.07) is 0.222. The second-order valence-corrected chi connectivity index (χ2v) is 6.84. The number of aliphatic hydroxyl groups excluding tert-OH is 1. The van der Waals surface area contributed by atoms with Crippen LogP contribution >= 0.6 is 0 Å². The SMILES string of the molecule is CC(C)(C)OC(=O)N1CCCC(NCc2cn(CCO)nn2)C1. The van der Waals surface area contributed by atoms with E-state index in [4.69, 9.17) is 9.84 Å². The number of likely N-dealkylation sites (tertiary alicyclic amines) is 1. The van der Waals surface area contributed by atoms with Gasteiger partial charge in [0.25, 0.3) is 0 Å². The highest BCUT2D eigenvalue weighted by Crippen LogP contribution is 2.15. The molecule has 0 saturated carbocycles.